The number of benzene rings is 1. The highest BCUT2D eigenvalue weighted by Crippen LogP contribution is 2.19. The van der Waals surface area contributed by atoms with Gasteiger partial charge in [0.1, 0.15) is 5.75 Å². The van der Waals surface area contributed by atoms with Crippen molar-refractivity contribution in [3.63, 3.8) is 0 Å². The summed E-state index contributed by atoms with van der Waals surface area (Å²) in [6.45, 7) is 9.05. The zero-order valence-electron chi connectivity index (χ0n) is 12.7. The maximum atomic E-state index is 9.37. The molecule has 0 atom stereocenters. The average molecular weight is 281 g/mol. The van der Waals surface area contributed by atoms with Crippen molar-refractivity contribution in [2.45, 2.75) is 26.7 Å². The first-order valence-corrected chi connectivity index (χ1v) is 7.47. The lowest BCUT2D eigenvalue weighted by Crippen LogP contribution is -2.27. The van der Waals surface area contributed by atoms with Crippen molar-refractivity contribution in [1.29, 1.82) is 0 Å². The molecule has 0 amide bonds. The fraction of sp³-hybridized carbons (Fsp3) is 0.625. The first kappa shape index (κ1) is 16.8. The molecule has 0 aromatic heterocycles. The SMILES string of the molecule is CCOCCCN(CCCOCC)c1ccc(O)cc1. The molecule has 0 aliphatic rings. The van der Waals surface area contributed by atoms with Crippen LogP contribution in [-0.2, 0) is 9.47 Å². The highest BCUT2D eigenvalue weighted by molar-refractivity contribution is 5.48. The van der Waals surface area contributed by atoms with Gasteiger partial charge in [-0.25, -0.2) is 0 Å². The topological polar surface area (TPSA) is 41.9 Å². The first-order valence-electron chi connectivity index (χ1n) is 7.47. The third kappa shape index (κ3) is 6.78. The summed E-state index contributed by atoms with van der Waals surface area (Å²) in [6, 6.07) is 7.37. The van der Waals surface area contributed by atoms with Crippen LogP contribution in [0.4, 0.5) is 5.69 Å². The standard InChI is InChI=1S/C16H27NO3/c1-3-19-13-5-11-17(12-6-14-20-4-2)15-7-9-16(18)10-8-15/h7-10,18H,3-6,11-14H2,1-2H3. The molecule has 1 N–H and O–H groups in total. The van der Waals surface area contributed by atoms with Gasteiger partial charge in [-0.2, -0.15) is 0 Å². The Hall–Kier alpha value is -1.26. The summed E-state index contributed by atoms with van der Waals surface area (Å²) >= 11 is 0. The van der Waals surface area contributed by atoms with Gasteiger partial charge in [0, 0.05) is 45.2 Å². The number of phenolic OH excluding ortho intramolecular Hbond substituents is 1. The summed E-state index contributed by atoms with van der Waals surface area (Å²) in [5.41, 5.74) is 1.13. The minimum atomic E-state index is 0.303. The Balaban J connectivity index is 2.47. The molecule has 1 aromatic carbocycles. The van der Waals surface area contributed by atoms with Crippen LogP contribution in [0.25, 0.3) is 0 Å². The van der Waals surface area contributed by atoms with Gasteiger partial charge in [-0.1, -0.05) is 0 Å². The van der Waals surface area contributed by atoms with Crippen molar-refractivity contribution in [1.82, 2.24) is 0 Å². The van der Waals surface area contributed by atoms with Gasteiger partial charge >= 0.3 is 0 Å². The summed E-state index contributed by atoms with van der Waals surface area (Å²) in [5.74, 6) is 0.303. The summed E-state index contributed by atoms with van der Waals surface area (Å²) < 4.78 is 10.8. The third-order valence-corrected chi connectivity index (χ3v) is 3.06. The van der Waals surface area contributed by atoms with Gasteiger partial charge in [-0.3, -0.25) is 0 Å². The molecule has 0 saturated carbocycles. The second kappa shape index (κ2) is 10.5. The highest BCUT2D eigenvalue weighted by Gasteiger charge is 2.06. The summed E-state index contributed by atoms with van der Waals surface area (Å²) in [4.78, 5) is 2.32. The van der Waals surface area contributed by atoms with Crippen LogP contribution in [0.3, 0.4) is 0 Å². The van der Waals surface area contributed by atoms with E-state index in [2.05, 4.69) is 4.90 Å². The van der Waals surface area contributed by atoms with Gasteiger partial charge in [0.15, 0.2) is 0 Å². The number of hydrogen-bond donors (Lipinski definition) is 1. The summed E-state index contributed by atoms with van der Waals surface area (Å²) in [7, 11) is 0. The number of phenols is 1. The highest BCUT2D eigenvalue weighted by atomic mass is 16.5. The van der Waals surface area contributed by atoms with Crippen LogP contribution in [0.5, 0.6) is 5.75 Å². The zero-order chi connectivity index (χ0) is 14.6. The van der Waals surface area contributed by atoms with Crippen LogP contribution in [-0.4, -0.2) is 44.6 Å². The average Bonchev–Trinajstić information content (AvgIpc) is 2.47. The van der Waals surface area contributed by atoms with Crippen LogP contribution in [0, 0.1) is 0 Å². The quantitative estimate of drug-likeness (QED) is 0.633. The van der Waals surface area contributed by atoms with E-state index >= 15 is 0 Å². The lowest BCUT2D eigenvalue weighted by molar-refractivity contribution is 0.142. The minimum Gasteiger partial charge on any atom is -0.508 e. The van der Waals surface area contributed by atoms with E-state index in [1.54, 1.807) is 12.1 Å². The molecule has 1 rings (SSSR count). The van der Waals surface area contributed by atoms with E-state index in [1.165, 1.54) is 0 Å². The molecule has 0 unspecified atom stereocenters. The number of hydrogen-bond acceptors (Lipinski definition) is 4. The predicted octanol–water partition coefficient (Wildman–Crippen LogP) is 3.05. The van der Waals surface area contributed by atoms with Crippen molar-refractivity contribution in [3.05, 3.63) is 24.3 Å². The van der Waals surface area contributed by atoms with Gasteiger partial charge in [0.05, 0.1) is 0 Å². The first-order chi connectivity index (χ1) is 9.77. The lowest BCUT2D eigenvalue weighted by Gasteiger charge is -2.25. The fourth-order valence-electron chi connectivity index (χ4n) is 2.04. The van der Waals surface area contributed by atoms with E-state index in [9.17, 15) is 5.11 Å². The van der Waals surface area contributed by atoms with Crippen LogP contribution in [0.15, 0.2) is 24.3 Å². The number of ether oxygens (including phenoxy) is 2. The molecule has 1 aromatic rings. The van der Waals surface area contributed by atoms with Crippen molar-refractivity contribution in [3.8, 4) is 5.75 Å². The molecule has 0 spiro atoms. The Kier molecular flexibility index (Phi) is 8.83. The Morgan fingerprint density at radius 3 is 1.85 bits per heavy atom. The number of aromatic hydroxyl groups is 1. The summed E-state index contributed by atoms with van der Waals surface area (Å²) in [5, 5.41) is 9.37. The molecule has 0 aliphatic heterocycles. The number of anilines is 1. The molecule has 20 heavy (non-hydrogen) atoms. The third-order valence-electron chi connectivity index (χ3n) is 3.06. The molecular weight excluding hydrogens is 254 g/mol. The van der Waals surface area contributed by atoms with Crippen molar-refractivity contribution < 1.29 is 14.6 Å². The maximum absolute atomic E-state index is 9.37. The minimum absolute atomic E-state index is 0.303. The monoisotopic (exact) mass is 281 g/mol. The van der Waals surface area contributed by atoms with Crippen LogP contribution in [0.2, 0.25) is 0 Å². The van der Waals surface area contributed by atoms with Gasteiger partial charge in [0.25, 0.3) is 0 Å². The van der Waals surface area contributed by atoms with E-state index in [0.29, 0.717) is 5.75 Å². The van der Waals surface area contributed by atoms with Crippen LogP contribution >= 0.6 is 0 Å². The van der Waals surface area contributed by atoms with E-state index in [0.717, 1.165) is 58.0 Å². The Morgan fingerprint density at radius 1 is 0.900 bits per heavy atom. The van der Waals surface area contributed by atoms with Crippen LogP contribution in [0.1, 0.15) is 26.7 Å². The van der Waals surface area contributed by atoms with Crippen LogP contribution < -0.4 is 4.90 Å². The molecule has 0 fully saturated rings. The van der Waals surface area contributed by atoms with Crippen molar-refractivity contribution in [2.75, 3.05) is 44.4 Å². The molecule has 0 saturated heterocycles. The van der Waals surface area contributed by atoms with Gasteiger partial charge in [-0.05, 0) is 51.0 Å². The molecule has 0 aliphatic carbocycles. The Morgan fingerprint density at radius 2 is 1.40 bits per heavy atom. The van der Waals surface area contributed by atoms with Gasteiger partial charge < -0.3 is 19.5 Å². The van der Waals surface area contributed by atoms with Gasteiger partial charge in [-0.15, -0.1) is 0 Å². The predicted molar refractivity (Wildman–Crippen MR) is 82.5 cm³/mol. The lowest BCUT2D eigenvalue weighted by atomic mass is 10.2. The number of nitrogens with zero attached hydrogens (tertiary/aromatic N) is 1. The normalized spacial score (nSPS) is 10.7. The zero-order valence-corrected chi connectivity index (χ0v) is 12.7. The van der Waals surface area contributed by atoms with Gasteiger partial charge in [0.2, 0.25) is 0 Å². The Bertz CT molecular complexity index is 328. The van der Waals surface area contributed by atoms with Crippen molar-refractivity contribution in [2.24, 2.45) is 0 Å². The molecule has 0 bridgehead atoms. The number of rotatable bonds is 11. The van der Waals surface area contributed by atoms with E-state index in [-0.39, 0.29) is 0 Å². The molecular formula is C16H27NO3. The smallest absolute Gasteiger partial charge is 0.115 e. The molecule has 4 nitrogen and oxygen atoms in total. The second-order valence-electron chi connectivity index (χ2n) is 4.60. The van der Waals surface area contributed by atoms with E-state index in [4.69, 9.17) is 9.47 Å². The fourth-order valence-corrected chi connectivity index (χ4v) is 2.04. The molecule has 114 valence electrons. The van der Waals surface area contributed by atoms with E-state index < -0.39 is 0 Å². The molecule has 4 heteroatoms. The van der Waals surface area contributed by atoms with Crippen molar-refractivity contribution >= 4 is 5.69 Å². The molecule has 0 radical (unpaired) electrons. The second-order valence-corrected chi connectivity index (χ2v) is 4.60. The van der Waals surface area contributed by atoms with E-state index in [1.807, 2.05) is 26.0 Å². The summed E-state index contributed by atoms with van der Waals surface area (Å²) in [6.07, 6.45) is 2.01. The largest absolute Gasteiger partial charge is 0.508 e. The Labute approximate surface area is 122 Å². The maximum Gasteiger partial charge on any atom is 0.115 e. The molecule has 0 heterocycles.